The van der Waals surface area contributed by atoms with Crippen LogP contribution in [0.3, 0.4) is 0 Å². The first kappa shape index (κ1) is 33.2. The number of carbonyl (C=O) groups excluding carboxylic acids is 5. The van der Waals surface area contributed by atoms with Gasteiger partial charge in [0.05, 0.1) is 24.6 Å². The van der Waals surface area contributed by atoms with E-state index in [1.807, 2.05) is 36.4 Å². The number of aliphatic hydroxyl groups is 1. The zero-order valence-electron chi connectivity index (χ0n) is 27.1. The molecular weight excluding hydrogens is 614 g/mol. The highest BCUT2D eigenvalue weighted by Gasteiger charge is 2.69. The standard InChI is InChI=1S/C37H39N3O8/c1-40(2)31-25-17-21-16-24-22(23-15-20(9-12-27(23)48-3)18-39-14-13-19-7-5-4-6-8-19)10-11-26(41)29(24)32(42)28(21)34(44)37(25,47)35(45)30(33(31)43)36(38)46/h4-12,15,21,25,28,30-31,39,41,47H,13-14,16-18H2,1-3H3,(H2,38,46). The monoisotopic (exact) mass is 653 g/mol. The SMILES string of the molecule is COc1ccc(CNCCc2ccccc2)cc1-c1ccc(O)c2c1CC1CC3C(N(C)C)C(=O)C(C(N)=O)C(=O)C3(O)C(=O)C1C2=O. The van der Waals surface area contributed by atoms with E-state index in [0.717, 1.165) is 18.5 Å². The number of ether oxygens (including phenoxy) is 1. The lowest BCUT2D eigenvalue weighted by molar-refractivity contribution is -0.181. The van der Waals surface area contributed by atoms with Gasteiger partial charge in [-0.05, 0) is 86.3 Å². The molecule has 11 nitrogen and oxygen atoms in total. The van der Waals surface area contributed by atoms with Crippen molar-refractivity contribution in [2.75, 3.05) is 27.7 Å². The molecule has 0 bridgehead atoms. The Kier molecular flexibility index (Phi) is 8.80. The Hall–Kier alpha value is -4.71. The van der Waals surface area contributed by atoms with Gasteiger partial charge >= 0.3 is 0 Å². The molecule has 6 atom stereocenters. The summed E-state index contributed by atoms with van der Waals surface area (Å²) in [6, 6.07) is 17.8. The molecule has 0 saturated heterocycles. The molecule has 0 radical (unpaired) electrons. The number of Topliss-reactive ketones (excluding diaryl/α,β-unsaturated/α-hetero) is 4. The van der Waals surface area contributed by atoms with E-state index in [1.165, 1.54) is 16.5 Å². The highest BCUT2D eigenvalue weighted by Crippen LogP contribution is 2.52. The van der Waals surface area contributed by atoms with Crippen LogP contribution in [0.5, 0.6) is 11.5 Å². The van der Waals surface area contributed by atoms with Gasteiger partial charge in [-0.25, -0.2) is 0 Å². The van der Waals surface area contributed by atoms with Crippen LogP contribution in [0.4, 0.5) is 0 Å². The average Bonchev–Trinajstić information content (AvgIpc) is 3.05. The zero-order chi connectivity index (χ0) is 34.5. The normalized spacial score (nSPS) is 26.6. The van der Waals surface area contributed by atoms with Gasteiger partial charge in [0, 0.05) is 18.0 Å². The van der Waals surface area contributed by atoms with Crippen molar-refractivity contribution >= 4 is 29.0 Å². The summed E-state index contributed by atoms with van der Waals surface area (Å²) in [7, 11) is 4.66. The molecule has 1 amide bonds. The van der Waals surface area contributed by atoms with Crippen molar-refractivity contribution in [2.24, 2.45) is 29.4 Å². The summed E-state index contributed by atoms with van der Waals surface area (Å²) in [6.45, 7) is 1.33. The molecule has 0 heterocycles. The number of nitrogens with zero attached hydrogens (tertiary/aromatic N) is 1. The first-order valence-electron chi connectivity index (χ1n) is 16.0. The lowest BCUT2D eigenvalue weighted by atomic mass is 9.52. The number of primary amides is 1. The molecule has 3 aliphatic carbocycles. The number of nitrogens with two attached hydrogens (primary N) is 1. The zero-order valence-corrected chi connectivity index (χ0v) is 27.1. The highest BCUT2D eigenvalue weighted by molar-refractivity contribution is 6.32. The number of benzene rings is 3. The van der Waals surface area contributed by atoms with Gasteiger partial charge in [0.1, 0.15) is 11.5 Å². The third-order valence-corrected chi connectivity index (χ3v) is 10.3. The molecule has 6 rings (SSSR count). The van der Waals surface area contributed by atoms with E-state index in [0.29, 0.717) is 29.0 Å². The molecular formula is C37H39N3O8. The average molecular weight is 654 g/mol. The fraction of sp³-hybridized carbons (Fsp3) is 0.378. The second-order valence-corrected chi connectivity index (χ2v) is 13.2. The van der Waals surface area contributed by atoms with Crippen molar-refractivity contribution in [3.63, 3.8) is 0 Å². The van der Waals surface area contributed by atoms with Crippen LogP contribution in [0.2, 0.25) is 0 Å². The summed E-state index contributed by atoms with van der Waals surface area (Å²) in [5.41, 5.74) is 6.61. The van der Waals surface area contributed by atoms with Gasteiger partial charge in [0.25, 0.3) is 0 Å². The maximum atomic E-state index is 14.2. The number of methoxy groups -OCH3 is 1. The Morgan fingerprint density at radius 1 is 1.00 bits per heavy atom. The predicted molar refractivity (Wildman–Crippen MR) is 175 cm³/mol. The molecule has 2 fully saturated rings. The van der Waals surface area contributed by atoms with Gasteiger partial charge in [-0.15, -0.1) is 0 Å². The number of nitrogens with one attached hydrogen (secondary N) is 1. The van der Waals surface area contributed by atoms with Crippen LogP contribution in [0.15, 0.2) is 60.7 Å². The third-order valence-electron chi connectivity index (χ3n) is 10.3. The van der Waals surface area contributed by atoms with Crippen LogP contribution >= 0.6 is 0 Å². The van der Waals surface area contributed by atoms with Gasteiger partial charge in [-0.1, -0.05) is 42.5 Å². The summed E-state index contributed by atoms with van der Waals surface area (Å²) in [5, 5.41) is 26.3. The number of amides is 1. The minimum Gasteiger partial charge on any atom is -0.507 e. The maximum Gasteiger partial charge on any atom is 0.235 e. The molecule has 250 valence electrons. The molecule has 48 heavy (non-hydrogen) atoms. The summed E-state index contributed by atoms with van der Waals surface area (Å²) in [4.78, 5) is 68.9. The molecule has 0 spiro atoms. The van der Waals surface area contributed by atoms with Crippen LogP contribution in [0.25, 0.3) is 11.1 Å². The number of hydrogen-bond donors (Lipinski definition) is 4. The number of phenolic OH excluding ortho intramolecular Hbond substituents is 1. The quantitative estimate of drug-likeness (QED) is 0.197. The lowest BCUT2D eigenvalue weighted by Crippen LogP contribution is -2.74. The minimum atomic E-state index is -2.77. The molecule has 5 N–H and O–H groups in total. The van der Waals surface area contributed by atoms with Crippen LogP contribution in [0, 0.1) is 23.7 Å². The fourth-order valence-corrected chi connectivity index (χ4v) is 8.04. The van der Waals surface area contributed by atoms with Crippen molar-refractivity contribution in [3.05, 3.63) is 82.9 Å². The molecule has 11 heteroatoms. The van der Waals surface area contributed by atoms with Gasteiger partial charge in [0.15, 0.2) is 34.7 Å². The van der Waals surface area contributed by atoms with E-state index in [-0.39, 0.29) is 24.2 Å². The Bertz CT molecular complexity index is 1820. The predicted octanol–water partition coefficient (Wildman–Crippen LogP) is 1.87. The Balaban J connectivity index is 1.36. The largest absolute Gasteiger partial charge is 0.507 e. The van der Waals surface area contributed by atoms with Crippen molar-refractivity contribution in [1.82, 2.24) is 10.2 Å². The maximum absolute atomic E-state index is 14.2. The van der Waals surface area contributed by atoms with Crippen molar-refractivity contribution in [2.45, 2.75) is 37.5 Å². The second-order valence-electron chi connectivity index (χ2n) is 13.2. The summed E-state index contributed by atoms with van der Waals surface area (Å²) in [5.74, 6) is -10.3. The van der Waals surface area contributed by atoms with Crippen molar-refractivity contribution < 1.29 is 38.9 Å². The number of phenols is 1. The molecule has 3 aliphatic rings. The van der Waals surface area contributed by atoms with Crippen LogP contribution < -0.4 is 15.8 Å². The van der Waals surface area contributed by atoms with Gasteiger partial charge in [-0.2, -0.15) is 0 Å². The molecule has 3 aromatic rings. The van der Waals surface area contributed by atoms with Crippen LogP contribution in [-0.2, 0) is 38.6 Å². The highest BCUT2D eigenvalue weighted by atomic mass is 16.5. The minimum absolute atomic E-state index is 0.0263. The van der Waals surface area contributed by atoms with E-state index < -0.39 is 64.4 Å². The number of carbonyl (C=O) groups is 5. The second kappa shape index (κ2) is 12.7. The Morgan fingerprint density at radius 2 is 1.73 bits per heavy atom. The molecule has 0 aromatic heterocycles. The number of hydrogen-bond acceptors (Lipinski definition) is 10. The molecule has 2 saturated carbocycles. The summed E-state index contributed by atoms with van der Waals surface area (Å²) < 4.78 is 5.71. The first-order chi connectivity index (χ1) is 22.9. The van der Waals surface area contributed by atoms with Crippen LogP contribution in [0.1, 0.15) is 33.5 Å². The topological polar surface area (TPSA) is 176 Å². The van der Waals surface area contributed by atoms with Gasteiger partial charge in [0.2, 0.25) is 5.91 Å². The Morgan fingerprint density at radius 3 is 2.40 bits per heavy atom. The van der Waals surface area contributed by atoms with E-state index in [4.69, 9.17) is 10.5 Å². The molecule has 0 aliphatic heterocycles. The van der Waals surface area contributed by atoms with E-state index in [2.05, 4.69) is 17.4 Å². The molecule has 6 unspecified atom stereocenters. The lowest BCUT2D eigenvalue weighted by Gasteiger charge is -2.52. The fourth-order valence-electron chi connectivity index (χ4n) is 8.04. The number of fused-ring (bicyclic) bond motifs is 3. The Labute approximate surface area is 278 Å². The summed E-state index contributed by atoms with van der Waals surface area (Å²) >= 11 is 0. The van der Waals surface area contributed by atoms with Gasteiger partial charge < -0.3 is 26.0 Å². The smallest absolute Gasteiger partial charge is 0.235 e. The van der Waals surface area contributed by atoms with E-state index in [1.54, 1.807) is 27.3 Å². The number of rotatable bonds is 9. The van der Waals surface area contributed by atoms with Crippen LogP contribution in [-0.4, -0.2) is 83.5 Å². The third kappa shape index (κ3) is 5.32. The number of aromatic hydroxyl groups is 1. The number of ketones is 4. The van der Waals surface area contributed by atoms with E-state index in [9.17, 15) is 34.2 Å². The van der Waals surface area contributed by atoms with Gasteiger partial charge in [-0.3, -0.25) is 28.9 Å². The first-order valence-corrected chi connectivity index (χ1v) is 16.0. The van der Waals surface area contributed by atoms with Crippen molar-refractivity contribution in [3.8, 4) is 22.6 Å². The van der Waals surface area contributed by atoms with Crippen molar-refractivity contribution in [1.29, 1.82) is 0 Å². The number of likely N-dealkylation sites (N-methyl/N-ethyl adjacent to an activating group) is 1. The van der Waals surface area contributed by atoms with E-state index >= 15 is 0 Å². The molecule has 3 aromatic carbocycles. The summed E-state index contributed by atoms with van der Waals surface area (Å²) in [6.07, 6.45) is 0.990.